The van der Waals surface area contributed by atoms with Gasteiger partial charge in [0.15, 0.2) is 6.61 Å². The van der Waals surface area contributed by atoms with Gasteiger partial charge in [0.2, 0.25) is 0 Å². The van der Waals surface area contributed by atoms with Crippen molar-refractivity contribution in [2.45, 2.75) is 19.4 Å². The van der Waals surface area contributed by atoms with Crippen LogP contribution in [0.25, 0.3) is 20.3 Å². The Bertz CT molecular complexity index is 886. The molecular weight excluding hydrogens is 330 g/mol. The molecule has 0 aliphatic carbocycles. The molecule has 1 saturated heterocycles. The largest absolute Gasteiger partial charge is 0.483 e. The van der Waals surface area contributed by atoms with Gasteiger partial charge in [0, 0.05) is 30.6 Å². The number of hydrogen-bond donors (Lipinski definition) is 1. The van der Waals surface area contributed by atoms with Gasteiger partial charge in [-0.05, 0) is 24.8 Å². The number of nitrogens with two attached hydrogens (primary N) is 1. The second-order valence-electron chi connectivity index (χ2n) is 5.79. The van der Waals surface area contributed by atoms with Crippen LogP contribution in [0.2, 0.25) is 0 Å². The smallest absolute Gasteiger partial charge is 0.260 e. The molecule has 1 amide bonds. The van der Waals surface area contributed by atoms with Crippen LogP contribution in [-0.4, -0.2) is 41.5 Å². The summed E-state index contributed by atoms with van der Waals surface area (Å²) in [4.78, 5) is 18.6. The molecule has 5 nitrogen and oxygen atoms in total. The van der Waals surface area contributed by atoms with Gasteiger partial charge in [-0.25, -0.2) is 4.98 Å². The highest BCUT2D eigenvalue weighted by molar-refractivity contribution is 7.21. The lowest BCUT2D eigenvalue weighted by Crippen LogP contribution is -2.35. The Morgan fingerprint density at radius 3 is 3.22 bits per heavy atom. The topological polar surface area (TPSA) is 68.5 Å². The van der Waals surface area contributed by atoms with Crippen molar-refractivity contribution in [2.24, 2.45) is 5.73 Å². The number of thiophene rings is 1. The van der Waals surface area contributed by atoms with E-state index in [4.69, 9.17) is 10.5 Å². The van der Waals surface area contributed by atoms with Crippen molar-refractivity contribution in [1.82, 2.24) is 9.88 Å². The summed E-state index contributed by atoms with van der Waals surface area (Å²) in [5, 5.41) is 4.10. The Labute approximate surface area is 141 Å². The van der Waals surface area contributed by atoms with Crippen LogP contribution in [-0.2, 0) is 4.79 Å². The van der Waals surface area contributed by atoms with Crippen LogP contribution < -0.4 is 10.5 Å². The second kappa shape index (κ2) is 5.74. The van der Waals surface area contributed by atoms with Crippen molar-refractivity contribution in [3.63, 3.8) is 0 Å². The zero-order chi connectivity index (χ0) is 16.0. The van der Waals surface area contributed by atoms with Gasteiger partial charge in [-0.15, -0.1) is 22.7 Å². The molecule has 4 rings (SSSR count). The molecule has 3 heterocycles. The number of nitrogens with zero attached hydrogens (tertiary/aromatic N) is 2. The van der Waals surface area contributed by atoms with E-state index in [9.17, 15) is 4.79 Å². The zero-order valence-corrected chi connectivity index (χ0v) is 14.4. The number of likely N-dealkylation sites (tertiary alicyclic amines) is 1. The van der Waals surface area contributed by atoms with E-state index in [0.717, 1.165) is 44.0 Å². The highest BCUT2D eigenvalue weighted by atomic mass is 32.1. The van der Waals surface area contributed by atoms with Gasteiger partial charge < -0.3 is 15.4 Å². The lowest BCUT2D eigenvalue weighted by atomic mass is 10.2. The third-order valence-corrected chi connectivity index (χ3v) is 5.94. The highest BCUT2D eigenvalue weighted by Crippen LogP contribution is 2.38. The zero-order valence-electron chi connectivity index (χ0n) is 12.7. The van der Waals surface area contributed by atoms with Crippen LogP contribution in [0.4, 0.5) is 0 Å². The van der Waals surface area contributed by atoms with E-state index >= 15 is 0 Å². The van der Waals surface area contributed by atoms with Gasteiger partial charge in [-0.3, -0.25) is 4.79 Å². The van der Waals surface area contributed by atoms with Crippen molar-refractivity contribution in [3.8, 4) is 5.75 Å². The van der Waals surface area contributed by atoms with Crippen molar-refractivity contribution in [2.75, 3.05) is 19.7 Å². The summed E-state index contributed by atoms with van der Waals surface area (Å²) in [7, 11) is 0. The Morgan fingerprint density at radius 2 is 2.43 bits per heavy atom. The van der Waals surface area contributed by atoms with E-state index in [1.165, 1.54) is 0 Å². The monoisotopic (exact) mass is 347 g/mol. The number of aromatic nitrogens is 1. The van der Waals surface area contributed by atoms with E-state index in [1.54, 1.807) is 27.6 Å². The number of carbonyl (C=O) groups excluding carboxylic acids is 1. The molecule has 2 N–H and O–H groups in total. The van der Waals surface area contributed by atoms with Crippen molar-refractivity contribution < 1.29 is 9.53 Å². The maximum absolute atomic E-state index is 12.2. The molecule has 1 aliphatic rings. The minimum absolute atomic E-state index is 0.00177. The standard InChI is InChI=1S/C16H17N3O2S2/c1-9-18-15-13(23-9)6-12(11-3-5-22-16(11)15)21-8-14(20)19-4-2-10(17)7-19/h3,5-6,10H,2,4,7-8,17H2,1H3/t10-/m1/s1. The average Bonchev–Trinajstić information content (AvgIpc) is 3.22. The minimum Gasteiger partial charge on any atom is -0.483 e. The van der Waals surface area contributed by atoms with Gasteiger partial charge in [0.05, 0.1) is 19.9 Å². The number of benzene rings is 1. The quantitative estimate of drug-likeness (QED) is 0.791. The van der Waals surface area contributed by atoms with Crippen molar-refractivity contribution >= 4 is 48.9 Å². The van der Waals surface area contributed by atoms with Gasteiger partial charge >= 0.3 is 0 Å². The number of carbonyl (C=O) groups is 1. The molecule has 0 unspecified atom stereocenters. The van der Waals surface area contributed by atoms with Crippen LogP contribution in [0.5, 0.6) is 5.75 Å². The van der Waals surface area contributed by atoms with Gasteiger partial charge in [0.25, 0.3) is 5.91 Å². The van der Waals surface area contributed by atoms with E-state index in [-0.39, 0.29) is 18.6 Å². The molecule has 1 atom stereocenters. The van der Waals surface area contributed by atoms with Crippen molar-refractivity contribution in [1.29, 1.82) is 0 Å². The van der Waals surface area contributed by atoms with E-state index in [2.05, 4.69) is 4.98 Å². The number of fused-ring (bicyclic) bond motifs is 3. The molecule has 1 fully saturated rings. The molecule has 2 aromatic heterocycles. The van der Waals surface area contributed by atoms with E-state index in [0.29, 0.717) is 6.54 Å². The fourth-order valence-electron chi connectivity index (χ4n) is 2.95. The predicted molar refractivity (Wildman–Crippen MR) is 94.4 cm³/mol. The van der Waals surface area contributed by atoms with Crippen molar-refractivity contribution in [3.05, 3.63) is 22.5 Å². The van der Waals surface area contributed by atoms with Gasteiger partial charge in [-0.2, -0.15) is 0 Å². The molecule has 1 aliphatic heterocycles. The number of amides is 1. The Morgan fingerprint density at radius 1 is 1.57 bits per heavy atom. The summed E-state index contributed by atoms with van der Waals surface area (Å²) in [6, 6.07) is 4.12. The summed E-state index contributed by atoms with van der Waals surface area (Å²) < 4.78 is 8.08. The van der Waals surface area contributed by atoms with E-state index in [1.807, 2.05) is 24.4 Å². The highest BCUT2D eigenvalue weighted by Gasteiger charge is 2.24. The summed E-state index contributed by atoms with van der Waals surface area (Å²) >= 11 is 3.30. The van der Waals surface area contributed by atoms with Crippen LogP contribution in [0, 0.1) is 6.92 Å². The first-order valence-electron chi connectivity index (χ1n) is 7.55. The van der Waals surface area contributed by atoms with Crippen LogP contribution in [0.15, 0.2) is 17.5 Å². The summed E-state index contributed by atoms with van der Waals surface area (Å²) in [5.41, 5.74) is 6.89. The first kappa shape index (κ1) is 14.9. The molecular formula is C16H17N3O2S2. The SMILES string of the molecule is Cc1nc2c(cc(OCC(=O)N3CC[C@@H](N)C3)c3ccsc32)s1. The number of rotatable bonds is 3. The first-order valence-corrected chi connectivity index (χ1v) is 9.25. The Balaban J connectivity index is 1.60. The summed E-state index contributed by atoms with van der Waals surface area (Å²) in [6.07, 6.45) is 0.868. The van der Waals surface area contributed by atoms with Crippen LogP contribution in [0.3, 0.4) is 0 Å². The second-order valence-corrected chi connectivity index (χ2v) is 7.95. The predicted octanol–water partition coefficient (Wildman–Crippen LogP) is 2.76. The number of ether oxygens (including phenoxy) is 1. The Hall–Kier alpha value is -1.70. The lowest BCUT2D eigenvalue weighted by molar-refractivity contribution is -0.132. The molecule has 0 bridgehead atoms. The molecule has 0 saturated carbocycles. The normalized spacial score (nSPS) is 18.2. The maximum atomic E-state index is 12.2. The summed E-state index contributed by atoms with van der Waals surface area (Å²) in [5.74, 6) is 0.760. The fourth-order valence-corrected chi connectivity index (χ4v) is 4.78. The molecule has 23 heavy (non-hydrogen) atoms. The third-order valence-electron chi connectivity index (χ3n) is 4.10. The van der Waals surface area contributed by atoms with Gasteiger partial charge in [-0.1, -0.05) is 0 Å². The number of hydrogen-bond acceptors (Lipinski definition) is 6. The Kier molecular flexibility index (Phi) is 3.71. The molecule has 0 radical (unpaired) electrons. The molecule has 120 valence electrons. The molecule has 0 spiro atoms. The minimum atomic E-state index is 0.00177. The first-order chi connectivity index (χ1) is 11.1. The maximum Gasteiger partial charge on any atom is 0.260 e. The average molecular weight is 347 g/mol. The fraction of sp³-hybridized carbons (Fsp3) is 0.375. The van der Waals surface area contributed by atoms with Crippen LogP contribution in [0.1, 0.15) is 11.4 Å². The molecule has 1 aromatic carbocycles. The third kappa shape index (κ3) is 2.69. The number of thiazole rings is 1. The number of aryl methyl sites for hydroxylation is 1. The van der Waals surface area contributed by atoms with E-state index < -0.39 is 0 Å². The lowest BCUT2D eigenvalue weighted by Gasteiger charge is -2.16. The molecule has 3 aromatic rings. The summed E-state index contributed by atoms with van der Waals surface area (Å²) in [6.45, 7) is 3.42. The van der Waals surface area contributed by atoms with Crippen LogP contribution >= 0.6 is 22.7 Å². The van der Waals surface area contributed by atoms with Gasteiger partial charge in [0.1, 0.15) is 5.75 Å². The molecule has 7 heteroatoms.